The molecule has 0 radical (unpaired) electrons. The van der Waals surface area contributed by atoms with Crippen LogP contribution < -0.4 is 10.2 Å². The molecular formula is C16H25N3O3. The minimum Gasteiger partial charge on any atom is -0.357 e. The first-order chi connectivity index (χ1) is 10.7. The highest BCUT2D eigenvalue weighted by Gasteiger charge is 2.15. The molecule has 1 aliphatic heterocycles. The van der Waals surface area contributed by atoms with E-state index in [1.807, 2.05) is 12.1 Å². The number of amides is 1. The minimum atomic E-state index is -0.447. The number of carbonyl (C=O) groups is 1. The van der Waals surface area contributed by atoms with Crippen LogP contribution in [0, 0.1) is 0 Å². The van der Waals surface area contributed by atoms with E-state index in [1.54, 1.807) is 20.3 Å². The van der Waals surface area contributed by atoms with E-state index in [9.17, 15) is 4.79 Å². The van der Waals surface area contributed by atoms with Crippen LogP contribution in [0.5, 0.6) is 0 Å². The fourth-order valence-electron chi connectivity index (χ4n) is 2.56. The molecule has 1 saturated heterocycles. The summed E-state index contributed by atoms with van der Waals surface area (Å²) in [6, 6.07) is 5.58. The fraction of sp³-hybridized carbons (Fsp3) is 0.625. The summed E-state index contributed by atoms with van der Waals surface area (Å²) in [5, 5.41) is 2.77. The highest BCUT2D eigenvalue weighted by Crippen LogP contribution is 2.17. The number of ether oxygens (including phenoxy) is 2. The molecular weight excluding hydrogens is 282 g/mol. The van der Waals surface area contributed by atoms with Gasteiger partial charge in [-0.1, -0.05) is 18.9 Å². The second kappa shape index (κ2) is 8.70. The summed E-state index contributed by atoms with van der Waals surface area (Å²) in [5.74, 6) is 0.667. The van der Waals surface area contributed by atoms with Gasteiger partial charge in [-0.2, -0.15) is 0 Å². The first-order valence-electron chi connectivity index (χ1n) is 7.80. The van der Waals surface area contributed by atoms with Crippen molar-refractivity contribution in [2.24, 2.45) is 0 Å². The summed E-state index contributed by atoms with van der Waals surface area (Å²) in [7, 11) is 3.08. The molecule has 0 unspecified atom stereocenters. The van der Waals surface area contributed by atoms with Gasteiger partial charge in [0, 0.05) is 27.3 Å². The van der Waals surface area contributed by atoms with E-state index in [-0.39, 0.29) is 5.91 Å². The van der Waals surface area contributed by atoms with Gasteiger partial charge in [0.2, 0.25) is 0 Å². The van der Waals surface area contributed by atoms with E-state index in [0.717, 1.165) is 18.9 Å². The molecule has 1 amide bonds. The number of pyridine rings is 1. The van der Waals surface area contributed by atoms with Gasteiger partial charge >= 0.3 is 0 Å². The van der Waals surface area contributed by atoms with Crippen molar-refractivity contribution in [2.75, 3.05) is 38.8 Å². The molecule has 0 bridgehead atoms. The molecule has 0 aromatic carbocycles. The second-order valence-electron chi connectivity index (χ2n) is 5.39. The lowest BCUT2D eigenvalue weighted by atomic mass is 10.2. The largest absolute Gasteiger partial charge is 0.357 e. The Morgan fingerprint density at radius 1 is 1.23 bits per heavy atom. The number of nitrogens with zero attached hydrogens (tertiary/aromatic N) is 2. The Bertz CT molecular complexity index is 469. The Hall–Kier alpha value is -1.66. The number of aromatic nitrogens is 1. The second-order valence-corrected chi connectivity index (χ2v) is 5.39. The van der Waals surface area contributed by atoms with Crippen molar-refractivity contribution in [2.45, 2.75) is 32.0 Å². The fourth-order valence-corrected chi connectivity index (χ4v) is 2.56. The lowest BCUT2D eigenvalue weighted by Gasteiger charge is -2.21. The number of carbonyl (C=O) groups excluding carboxylic acids is 1. The Kier molecular flexibility index (Phi) is 6.61. The lowest BCUT2D eigenvalue weighted by molar-refractivity contribution is -0.0974. The standard InChI is InChI=1S/C16H25N3O3/c1-21-15(22-2)12-17-16(20)13-8-7-9-14(18-13)19-10-5-3-4-6-11-19/h7-9,15H,3-6,10-12H2,1-2H3,(H,17,20). The van der Waals surface area contributed by atoms with E-state index in [0.29, 0.717) is 12.2 Å². The number of methoxy groups -OCH3 is 2. The van der Waals surface area contributed by atoms with E-state index in [1.165, 1.54) is 25.7 Å². The van der Waals surface area contributed by atoms with E-state index in [2.05, 4.69) is 15.2 Å². The van der Waals surface area contributed by atoms with E-state index < -0.39 is 6.29 Å². The van der Waals surface area contributed by atoms with Crippen LogP contribution in [0.2, 0.25) is 0 Å². The minimum absolute atomic E-state index is 0.212. The van der Waals surface area contributed by atoms with Crippen LogP contribution in [0.25, 0.3) is 0 Å². The zero-order valence-electron chi connectivity index (χ0n) is 13.4. The summed E-state index contributed by atoms with van der Waals surface area (Å²) >= 11 is 0. The van der Waals surface area contributed by atoms with Crippen LogP contribution in [-0.4, -0.2) is 51.0 Å². The van der Waals surface area contributed by atoms with Crippen molar-refractivity contribution >= 4 is 11.7 Å². The quantitative estimate of drug-likeness (QED) is 0.812. The molecule has 122 valence electrons. The van der Waals surface area contributed by atoms with Gasteiger partial charge in [-0.25, -0.2) is 4.98 Å². The zero-order chi connectivity index (χ0) is 15.8. The molecule has 1 aliphatic rings. The molecule has 1 aromatic heterocycles. The van der Waals surface area contributed by atoms with Gasteiger partial charge in [-0.15, -0.1) is 0 Å². The lowest BCUT2D eigenvalue weighted by Crippen LogP contribution is -2.35. The molecule has 1 fully saturated rings. The third kappa shape index (κ3) is 4.68. The summed E-state index contributed by atoms with van der Waals surface area (Å²) in [4.78, 5) is 18.9. The predicted molar refractivity (Wildman–Crippen MR) is 85.1 cm³/mol. The smallest absolute Gasteiger partial charge is 0.270 e. The summed E-state index contributed by atoms with van der Waals surface area (Å²) in [6.07, 6.45) is 4.46. The van der Waals surface area contributed by atoms with Gasteiger partial charge in [0.15, 0.2) is 6.29 Å². The third-order valence-electron chi connectivity index (χ3n) is 3.85. The maximum absolute atomic E-state index is 12.2. The molecule has 1 aromatic rings. The maximum Gasteiger partial charge on any atom is 0.270 e. The average Bonchev–Trinajstić information content (AvgIpc) is 2.85. The Labute approximate surface area is 131 Å². The third-order valence-corrected chi connectivity index (χ3v) is 3.85. The average molecular weight is 307 g/mol. The van der Waals surface area contributed by atoms with Crippen molar-refractivity contribution in [1.29, 1.82) is 0 Å². The van der Waals surface area contributed by atoms with Gasteiger partial charge in [0.05, 0.1) is 6.54 Å². The van der Waals surface area contributed by atoms with Crippen molar-refractivity contribution in [3.05, 3.63) is 23.9 Å². The molecule has 1 N–H and O–H groups in total. The van der Waals surface area contributed by atoms with Gasteiger partial charge in [-0.05, 0) is 25.0 Å². The molecule has 2 rings (SSSR count). The van der Waals surface area contributed by atoms with Crippen LogP contribution in [0.1, 0.15) is 36.2 Å². The Morgan fingerprint density at radius 3 is 2.55 bits per heavy atom. The molecule has 0 aliphatic carbocycles. The van der Waals surface area contributed by atoms with Crippen molar-refractivity contribution in [1.82, 2.24) is 10.3 Å². The maximum atomic E-state index is 12.2. The van der Waals surface area contributed by atoms with Gasteiger partial charge in [0.1, 0.15) is 11.5 Å². The van der Waals surface area contributed by atoms with Crippen molar-refractivity contribution in [3.63, 3.8) is 0 Å². The Balaban J connectivity index is 1.99. The van der Waals surface area contributed by atoms with E-state index >= 15 is 0 Å². The summed E-state index contributed by atoms with van der Waals surface area (Å²) in [6.45, 7) is 2.31. The molecule has 6 heteroatoms. The normalized spacial score (nSPS) is 15.7. The number of hydrogen-bond acceptors (Lipinski definition) is 5. The molecule has 0 spiro atoms. The summed E-state index contributed by atoms with van der Waals surface area (Å²) in [5.41, 5.74) is 0.424. The van der Waals surface area contributed by atoms with Gasteiger partial charge in [-0.3, -0.25) is 4.79 Å². The van der Waals surface area contributed by atoms with Crippen LogP contribution in [-0.2, 0) is 9.47 Å². The highest BCUT2D eigenvalue weighted by molar-refractivity contribution is 5.92. The molecule has 22 heavy (non-hydrogen) atoms. The highest BCUT2D eigenvalue weighted by atomic mass is 16.7. The number of hydrogen-bond donors (Lipinski definition) is 1. The molecule has 2 heterocycles. The topological polar surface area (TPSA) is 63.7 Å². The molecule has 0 atom stereocenters. The number of rotatable bonds is 6. The predicted octanol–water partition coefficient (Wildman–Crippen LogP) is 1.81. The SMILES string of the molecule is COC(CNC(=O)c1cccc(N2CCCCCC2)n1)OC. The van der Waals surface area contributed by atoms with Gasteiger partial charge < -0.3 is 19.7 Å². The van der Waals surface area contributed by atoms with Gasteiger partial charge in [0.25, 0.3) is 5.91 Å². The monoisotopic (exact) mass is 307 g/mol. The van der Waals surface area contributed by atoms with Crippen molar-refractivity contribution in [3.8, 4) is 0 Å². The molecule has 0 saturated carbocycles. The van der Waals surface area contributed by atoms with Crippen LogP contribution >= 0.6 is 0 Å². The van der Waals surface area contributed by atoms with Crippen LogP contribution in [0.15, 0.2) is 18.2 Å². The zero-order valence-corrected chi connectivity index (χ0v) is 13.4. The number of anilines is 1. The van der Waals surface area contributed by atoms with Crippen LogP contribution in [0.3, 0.4) is 0 Å². The Morgan fingerprint density at radius 2 is 1.91 bits per heavy atom. The number of nitrogens with one attached hydrogen (secondary N) is 1. The van der Waals surface area contributed by atoms with Crippen LogP contribution in [0.4, 0.5) is 5.82 Å². The first kappa shape index (κ1) is 16.7. The first-order valence-corrected chi connectivity index (χ1v) is 7.80. The van der Waals surface area contributed by atoms with Crippen molar-refractivity contribution < 1.29 is 14.3 Å². The molecule has 6 nitrogen and oxygen atoms in total. The van der Waals surface area contributed by atoms with E-state index in [4.69, 9.17) is 9.47 Å². The summed E-state index contributed by atoms with van der Waals surface area (Å²) < 4.78 is 10.1.